The highest BCUT2D eigenvalue weighted by Crippen LogP contribution is 2.21. The van der Waals surface area contributed by atoms with Crippen LogP contribution in [-0.4, -0.2) is 42.0 Å². The lowest BCUT2D eigenvalue weighted by Crippen LogP contribution is -2.35. The number of piperidine rings is 1. The highest BCUT2D eigenvalue weighted by atomic mass is 16.2. The van der Waals surface area contributed by atoms with Crippen LogP contribution in [0.2, 0.25) is 0 Å². The first-order chi connectivity index (χ1) is 9.74. The molecule has 2 fully saturated rings. The average Bonchev–Trinajstić information content (AvgIpc) is 3.01. The van der Waals surface area contributed by atoms with E-state index in [0.29, 0.717) is 0 Å². The number of likely N-dealkylation sites (tertiary alicyclic amines) is 1. The van der Waals surface area contributed by atoms with Gasteiger partial charge in [0.1, 0.15) is 5.82 Å². The molecule has 0 N–H and O–H groups in total. The van der Waals surface area contributed by atoms with Gasteiger partial charge in [0.15, 0.2) is 0 Å². The first kappa shape index (κ1) is 13.4. The zero-order valence-electron chi connectivity index (χ0n) is 12.2. The lowest BCUT2D eigenvalue weighted by atomic mass is 10.0. The monoisotopic (exact) mass is 273 g/mol. The second-order valence-corrected chi connectivity index (χ2v) is 6.10. The van der Waals surface area contributed by atoms with Crippen LogP contribution in [0.25, 0.3) is 0 Å². The third-order valence-corrected chi connectivity index (χ3v) is 4.37. The fourth-order valence-corrected chi connectivity index (χ4v) is 3.20. The van der Waals surface area contributed by atoms with Crippen molar-refractivity contribution in [1.29, 1.82) is 0 Å². The molecule has 108 valence electrons. The van der Waals surface area contributed by atoms with Gasteiger partial charge >= 0.3 is 0 Å². The van der Waals surface area contributed by atoms with Gasteiger partial charge in [0.05, 0.1) is 5.56 Å². The van der Waals surface area contributed by atoms with Crippen LogP contribution in [0, 0.1) is 5.92 Å². The van der Waals surface area contributed by atoms with Crippen molar-refractivity contribution >= 4 is 11.7 Å². The van der Waals surface area contributed by atoms with Crippen LogP contribution in [-0.2, 0) is 0 Å². The molecule has 2 aliphatic rings. The predicted molar refractivity (Wildman–Crippen MR) is 80.0 cm³/mol. The summed E-state index contributed by atoms with van der Waals surface area (Å²) in [5, 5.41) is 0. The highest BCUT2D eigenvalue weighted by molar-refractivity contribution is 5.94. The van der Waals surface area contributed by atoms with Crippen molar-refractivity contribution in [3.05, 3.63) is 23.9 Å². The minimum atomic E-state index is 0.133. The number of aromatic nitrogens is 1. The maximum Gasteiger partial charge on any atom is 0.255 e. The van der Waals surface area contributed by atoms with Crippen molar-refractivity contribution < 1.29 is 4.79 Å². The van der Waals surface area contributed by atoms with Gasteiger partial charge < -0.3 is 9.80 Å². The molecule has 0 aliphatic carbocycles. The van der Waals surface area contributed by atoms with Gasteiger partial charge in [-0.15, -0.1) is 0 Å². The van der Waals surface area contributed by atoms with Gasteiger partial charge in [0, 0.05) is 32.4 Å². The second kappa shape index (κ2) is 5.81. The van der Waals surface area contributed by atoms with Gasteiger partial charge in [0.25, 0.3) is 5.91 Å². The third kappa shape index (κ3) is 2.79. The number of pyridine rings is 1. The number of carbonyl (C=O) groups excluding carboxylic acids is 1. The van der Waals surface area contributed by atoms with E-state index in [4.69, 9.17) is 0 Å². The molecular weight excluding hydrogens is 250 g/mol. The van der Waals surface area contributed by atoms with E-state index in [0.717, 1.165) is 56.3 Å². The molecule has 1 unspecified atom stereocenters. The summed E-state index contributed by atoms with van der Waals surface area (Å²) in [4.78, 5) is 21.0. The molecule has 1 aromatic heterocycles. The Balaban J connectivity index is 1.69. The molecule has 1 atom stereocenters. The van der Waals surface area contributed by atoms with Gasteiger partial charge in [-0.25, -0.2) is 4.98 Å². The Hall–Kier alpha value is -1.58. The van der Waals surface area contributed by atoms with Crippen molar-refractivity contribution in [3.8, 4) is 0 Å². The number of carbonyl (C=O) groups is 1. The Morgan fingerprint density at radius 1 is 1.20 bits per heavy atom. The Kier molecular flexibility index (Phi) is 3.90. The second-order valence-electron chi connectivity index (χ2n) is 6.10. The van der Waals surface area contributed by atoms with Gasteiger partial charge in [-0.05, 0) is 43.7 Å². The maximum absolute atomic E-state index is 12.3. The van der Waals surface area contributed by atoms with Gasteiger partial charge in [0.2, 0.25) is 0 Å². The number of amides is 1. The number of hydrogen-bond donors (Lipinski definition) is 0. The summed E-state index contributed by atoms with van der Waals surface area (Å²) in [5.74, 6) is 1.87. The van der Waals surface area contributed by atoms with Crippen LogP contribution in [0.1, 0.15) is 43.0 Å². The Morgan fingerprint density at radius 2 is 2.00 bits per heavy atom. The average molecular weight is 273 g/mol. The summed E-state index contributed by atoms with van der Waals surface area (Å²) in [6.45, 7) is 6.23. The molecule has 20 heavy (non-hydrogen) atoms. The zero-order valence-corrected chi connectivity index (χ0v) is 12.2. The van der Waals surface area contributed by atoms with Crippen molar-refractivity contribution in [2.75, 3.05) is 31.1 Å². The number of rotatable bonds is 2. The molecule has 2 saturated heterocycles. The van der Waals surface area contributed by atoms with Crippen molar-refractivity contribution in [2.24, 2.45) is 5.92 Å². The first-order valence-corrected chi connectivity index (χ1v) is 7.74. The van der Waals surface area contributed by atoms with Crippen LogP contribution in [0.15, 0.2) is 18.3 Å². The molecule has 0 bridgehead atoms. The third-order valence-electron chi connectivity index (χ3n) is 4.37. The molecule has 2 aliphatic heterocycles. The molecule has 0 radical (unpaired) electrons. The van der Waals surface area contributed by atoms with Crippen LogP contribution < -0.4 is 4.90 Å². The fraction of sp³-hybridized carbons (Fsp3) is 0.625. The summed E-state index contributed by atoms with van der Waals surface area (Å²) >= 11 is 0. The largest absolute Gasteiger partial charge is 0.356 e. The predicted octanol–water partition coefficient (Wildman–Crippen LogP) is 2.55. The molecule has 0 spiro atoms. The summed E-state index contributed by atoms with van der Waals surface area (Å²) < 4.78 is 0. The van der Waals surface area contributed by atoms with Crippen LogP contribution in [0.3, 0.4) is 0 Å². The van der Waals surface area contributed by atoms with E-state index >= 15 is 0 Å². The SMILES string of the molecule is CC1CCCN(c2ccc(C(=O)N3CCCC3)cn2)C1. The molecule has 4 heteroatoms. The minimum absolute atomic E-state index is 0.133. The van der Waals surface area contributed by atoms with Crippen molar-refractivity contribution in [2.45, 2.75) is 32.6 Å². The van der Waals surface area contributed by atoms with Crippen molar-refractivity contribution in [1.82, 2.24) is 9.88 Å². The topological polar surface area (TPSA) is 36.4 Å². The lowest BCUT2D eigenvalue weighted by molar-refractivity contribution is 0.0792. The number of hydrogen-bond acceptors (Lipinski definition) is 3. The van der Waals surface area contributed by atoms with E-state index in [2.05, 4.69) is 16.8 Å². The van der Waals surface area contributed by atoms with Crippen LogP contribution in [0.4, 0.5) is 5.82 Å². The molecule has 3 heterocycles. The quantitative estimate of drug-likeness (QED) is 0.831. The maximum atomic E-state index is 12.3. The first-order valence-electron chi connectivity index (χ1n) is 7.74. The molecule has 0 saturated carbocycles. The summed E-state index contributed by atoms with van der Waals surface area (Å²) in [6.07, 6.45) is 6.54. The van der Waals surface area contributed by atoms with Gasteiger partial charge in [-0.3, -0.25) is 4.79 Å². The summed E-state index contributed by atoms with van der Waals surface area (Å²) in [6, 6.07) is 3.93. The minimum Gasteiger partial charge on any atom is -0.356 e. The van der Waals surface area contributed by atoms with Crippen LogP contribution >= 0.6 is 0 Å². The van der Waals surface area contributed by atoms with E-state index in [1.165, 1.54) is 12.8 Å². The van der Waals surface area contributed by atoms with E-state index in [1.807, 2.05) is 17.0 Å². The highest BCUT2D eigenvalue weighted by Gasteiger charge is 2.21. The molecule has 4 nitrogen and oxygen atoms in total. The summed E-state index contributed by atoms with van der Waals surface area (Å²) in [7, 11) is 0. The Bertz CT molecular complexity index is 465. The Labute approximate surface area is 120 Å². The lowest BCUT2D eigenvalue weighted by Gasteiger charge is -2.31. The van der Waals surface area contributed by atoms with E-state index in [1.54, 1.807) is 6.20 Å². The molecule has 3 rings (SSSR count). The van der Waals surface area contributed by atoms with Crippen LogP contribution in [0.5, 0.6) is 0 Å². The van der Waals surface area contributed by atoms with E-state index in [-0.39, 0.29) is 5.91 Å². The van der Waals surface area contributed by atoms with E-state index in [9.17, 15) is 4.79 Å². The Morgan fingerprint density at radius 3 is 2.65 bits per heavy atom. The molecular formula is C16H23N3O. The van der Waals surface area contributed by atoms with Gasteiger partial charge in [-0.2, -0.15) is 0 Å². The standard InChI is InChI=1S/C16H23N3O/c1-13-5-4-10-19(12-13)15-7-6-14(11-17-15)16(20)18-8-2-3-9-18/h6-7,11,13H,2-5,8-10,12H2,1H3. The smallest absolute Gasteiger partial charge is 0.255 e. The molecule has 1 amide bonds. The zero-order chi connectivity index (χ0) is 13.9. The summed E-state index contributed by atoms with van der Waals surface area (Å²) in [5.41, 5.74) is 0.723. The normalized spacial score (nSPS) is 23.1. The van der Waals surface area contributed by atoms with Gasteiger partial charge in [-0.1, -0.05) is 6.92 Å². The van der Waals surface area contributed by atoms with E-state index < -0.39 is 0 Å². The molecule has 1 aromatic rings. The molecule has 0 aromatic carbocycles. The number of nitrogens with zero attached hydrogens (tertiary/aromatic N) is 3. The van der Waals surface area contributed by atoms with Crippen molar-refractivity contribution in [3.63, 3.8) is 0 Å². The number of anilines is 1. The fourth-order valence-electron chi connectivity index (χ4n) is 3.20.